The second-order valence-corrected chi connectivity index (χ2v) is 6.46. The van der Waals surface area contributed by atoms with Crippen molar-refractivity contribution >= 4 is 17.3 Å². The van der Waals surface area contributed by atoms with E-state index in [1.54, 1.807) is 0 Å². The molecule has 0 atom stereocenters. The van der Waals surface area contributed by atoms with E-state index in [2.05, 4.69) is 5.32 Å². The Morgan fingerprint density at radius 1 is 0.808 bits per heavy atom. The highest BCUT2D eigenvalue weighted by atomic mass is 35.5. The number of ether oxygens (including phenoxy) is 2. The van der Waals surface area contributed by atoms with Gasteiger partial charge in [0.1, 0.15) is 23.9 Å². The predicted octanol–water partition coefficient (Wildman–Crippen LogP) is 6.24. The number of hydrogen-bond donors (Lipinski definition) is 1. The van der Waals surface area contributed by atoms with Gasteiger partial charge in [-0.1, -0.05) is 29.8 Å². The molecule has 0 saturated heterocycles. The number of anilines is 1. The van der Waals surface area contributed by atoms with Crippen LogP contribution in [0.15, 0.2) is 66.7 Å². The lowest BCUT2D eigenvalue weighted by Gasteiger charge is -2.11. The van der Waals surface area contributed by atoms with E-state index < -0.39 is 0 Å². The van der Waals surface area contributed by atoms with Gasteiger partial charge in [-0.3, -0.25) is 0 Å². The second kappa shape index (κ2) is 8.63. The molecule has 0 fully saturated rings. The van der Waals surface area contributed by atoms with Gasteiger partial charge in [0.15, 0.2) is 0 Å². The number of rotatable bonds is 7. The first-order valence-corrected chi connectivity index (χ1v) is 8.96. The minimum atomic E-state index is 0.572. The van der Waals surface area contributed by atoms with Gasteiger partial charge in [-0.15, -0.1) is 0 Å². The van der Waals surface area contributed by atoms with Crippen LogP contribution >= 0.6 is 11.6 Å². The van der Waals surface area contributed by atoms with Crippen LogP contribution < -0.4 is 14.8 Å². The van der Waals surface area contributed by atoms with E-state index in [0.717, 1.165) is 39.1 Å². The summed E-state index contributed by atoms with van der Waals surface area (Å²) in [6.45, 7) is 5.25. The third-order valence-corrected chi connectivity index (χ3v) is 4.54. The standard InChI is InChI=1S/C22H22ClNO2/c1-16-14-21(15-17(2)22(16)23)25-13-12-24-18-8-10-20(11-9-18)26-19-6-4-3-5-7-19/h3-11,14-15,24H,12-13H2,1-2H3. The summed E-state index contributed by atoms with van der Waals surface area (Å²) in [5.41, 5.74) is 3.09. The molecule has 1 N–H and O–H groups in total. The zero-order valence-corrected chi connectivity index (χ0v) is 15.7. The van der Waals surface area contributed by atoms with Gasteiger partial charge in [-0.05, 0) is 73.5 Å². The Labute approximate surface area is 159 Å². The SMILES string of the molecule is Cc1cc(OCCNc2ccc(Oc3ccccc3)cc2)cc(C)c1Cl. The predicted molar refractivity (Wildman–Crippen MR) is 108 cm³/mol. The molecular formula is C22H22ClNO2. The summed E-state index contributed by atoms with van der Waals surface area (Å²) in [5, 5.41) is 4.14. The lowest BCUT2D eigenvalue weighted by atomic mass is 10.1. The monoisotopic (exact) mass is 367 g/mol. The Bertz CT molecular complexity index is 825. The van der Waals surface area contributed by atoms with E-state index in [4.69, 9.17) is 21.1 Å². The van der Waals surface area contributed by atoms with Crippen molar-refractivity contribution in [1.29, 1.82) is 0 Å². The molecule has 3 rings (SSSR count). The Hall–Kier alpha value is -2.65. The van der Waals surface area contributed by atoms with Crippen LogP contribution in [0.5, 0.6) is 17.2 Å². The lowest BCUT2D eigenvalue weighted by Crippen LogP contribution is -2.11. The minimum absolute atomic E-state index is 0.572. The van der Waals surface area contributed by atoms with Crippen LogP contribution in [0.2, 0.25) is 5.02 Å². The molecule has 3 aromatic rings. The van der Waals surface area contributed by atoms with Crippen molar-refractivity contribution in [2.24, 2.45) is 0 Å². The molecule has 0 unspecified atom stereocenters. The lowest BCUT2D eigenvalue weighted by molar-refractivity contribution is 0.332. The van der Waals surface area contributed by atoms with Gasteiger partial charge in [0.25, 0.3) is 0 Å². The van der Waals surface area contributed by atoms with Gasteiger partial charge >= 0.3 is 0 Å². The van der Waals surface area contributed by atoms with E-state index in [9.17, 15) is 0 Å². The average Bonchev–Trinajstić information content (AvgIpc) is 2.65. The van der Waals surface area contributed by atoms with Crippen molar-refractivity contribution in [3.63, 3.8) is 0 Å². The summed E-state index contributed by atoms with van der Waals surface area (Å²) in [6.07, 6.45) is 0. The Morgan fingerprint density at radius 3 is 2.08 bits per heavy atom. The highest BCUT2D eigenvalue weighted by Gasteiger charge is 2.03. The van der Waals surface area contributed by atoms with Crippen molar-refractivity contribution in [2.75, 3.05) is 18.5 Å². The zero-order valence-electron chi connectivity index (χ0n) is 15.0. The molecule has 0 aliphatic heterocycles. The first kappa shape index (κ1) is 18.2. The highest BCUT2D eigenvalue weighted by molar-refractivity contribution is 6.32. The number of aryl methyl sites for hydroxylation is 2. The molecule has 0 bridgehead atoms. The molecule has 0 aliphatic carbocycles. The fourth-order valence-electron chi connectivity index (χ4n) is 2.62. The average molecular weight is 368 g/mol. The summed E-state index contributed by atoms with van der Waals surface area (Å²) in [6, 6.07) is 21.6. The number of halogens is 1. The van der Waals surface area contributed by atoms with Gasteiger partial charge in [0, 0.05) is 17.3 Å². The van der Waals surface area contributed by atoms with Gasteiger partial charge in [-0.2, -0.15) is 0 Å². The van der Waals surface area contributed by atoms with Crippen LogP contribution in [-0.4, -0.2) is 13.2 Å². The minimum Gasteiger partial charge on any atom is -0.492 e. The fraction of sp³-hybridized carbons (Fsp3) is 0.182. The van der Waals surface area contributed by atoms with E-state index >= 15 is 0 Å². The van der Waals surface area contributed by atoms with Crippen molar-refractivity contribution in [3.05, 3.63) is 82.9 Å². The fourth-order valence-corrected chi connectivity index (χ4v) is 2.73. The van der Waals surface area contributed by atoms with E-state index in [1.165, 1.54) is 0 Å². The van der Waals surface area contributed by atoms with Crippen LogP contribution in [-0.2, 0) is 0 Å². The quantitative estimate of drug-likeness (QED) is 0.501. The second-order valence-electron chi connectivity index (χ2n) is 6.09. The van der Waals surface area contributed by atoms with Gasteiger partial charge in [0.2, 0.25) is 0 Å². The normalized spacial score (nSPS) is 10.4. The van der Waals surface area contributed by atoms with Crippen molar-refractivity contribution in [1.82, 2.24) is 0 Å². The van der Waals surface area contributed by atoms with Crippen LogP contribution in [0, 0.1) is 13.8 Å². The number of nitrogens with one attached hydrogen (secondary N) is 1. The topological polar surface area (TPSA) is 30.5 Å². The van der Waals surface area contributed by atoms with Crippen LogP contribution in [0.25, 0.3) is 0 Å². The maximum absolute atomic E-state index is 6.18. The maximum atomic E-state index is 6.18. The first-order chi connectivity index (χ1) is 12.6. The summed E-state index contributed by atoms with van der Waals surface area (Å²) in [5.74, 6) is 2.48. The van der Waals surface area contributed by atoms with Crippen molar-refractivity contribution < 1.29 is 9.47 Å². The molecule has 3 aromatic carbocycles. The summed E-state index contributed by atoms with van der Waals surface area (Å²) >= 11 is 6.18. The van der Waals surface area contributed by atoms with Crippen LogP contribution in [0.4, 0.5) is 5.69 Å². The van der Waals surface area contributed by atoms with E-state index in [-0.39, 0.29) is 0 Å². The van der Waals surface area contributed by atoms with Crippen LogP contribution in [0.3, 0.4) is 0 Å². The molecule has 4 heteroatoms. The van der Waals surface area contributed by atoms with Crippen LogP contribution in [0.1, 0.15) is 11.1 Å². The summed E-state index contributed by atoms with van der Waals surface area (Å²) < 4.78 is 11.6. The molecule has 0 spiro atoms. The zero-order chi connectivity index (χ0) is 18.4. The molecule has 134 valence electrons. The number of para-hydroxylation sites is 1. The third-order valence-electron chi connectivity index (χ3n) is 3.94. The summed E-state index contributed by atoms with van der Waals surface area (Å²) in [7, 11) is 0. The largest absolute Gasteiger partial charge is 0.492 e. The molecule has 0 heterocycles. The van der Waals surface area contributed by atoms with Crippen molar-refractivity contribution in [3.8, 4) is 17.2 Å². The van der Waals surface area contributed by atoms with Gasteiger partial charge in [0.05, 0.1) is 0 Å². The Morgan fingerprint density at radius 2 is 1.42 bits per heavy atom. The number of hydrogen-bond acceptors (Lipinski definition) is 3. The number of benzene rings is 3. The van der Waals surface area contributed by atoms with Crippen molar-refractivity contribution in [2.45, 2.75) is 13.8 Å². The third kappa shape index (κ3) is 4.93. The Balaban J connectivity index is 1.46. The molecule has 26 heavy (non-hydrogen) atoms. The van der Waals surface area contributed by atoms with E-state index in [0.29, 0.717) is 13.2 Å². The van der Waals surface area contributed by atoms with Gasteiger partial charge in [-0.25, -0.2) is 0 Å². The highest BCUT2D eigenvalue weighted by Crippen LogP contribution is 2.26. The first-order valence-electron chi connectivity index (χ1n) is 8.58. The van der Waals surface area contributed by atoms with E-state index in [1.807, 2.05) is 80.6 Å². The molecule has 0 amide bonds. The molecule has 0 radical (unpaired) electrons. The maximum Gasteiger partial charge on any atom is 0.127 e. The molecule has 0 saturated carbocycles. The smallest absolute Gasteiger partial charge is 0.127 e. The summed E-state index contributed by atoms with van der Waals surface area (Å²) in [4.78, 5) is 0. The molecule has 0 aromatic heterocycles. The molecule has 3 nitrogen and oxygen atoms in total. The molecule has 0 aliphatic rings. The molecular weight excluding hydrogens is 346 g/mol. The Kier molecular flexibility index (Phi) is 6.03. The van der Waals surface area contributed by atoms with Gasteiger partial charge < -0.3 is 14.8 Å².